The van der Waals surface area contributed by atoms with Gasteiger partial charge in [0, 0.05) is 12.1 Å². The molecule has 0 amide bonds. The van der Waals surface area contributed by atoms with Crippen molar-refractivity contribution in [3.8, 4) is 6.07 Å². The number of rotatable bonds is 4. The van der Waals surface area contributed by atoms with Crippen molar-refractivity contribution < 1.29 is 4.39 Å². The molecule has 0 bridgehead atoms. The first-order valence-corrected chi connectivity index (χ1v) is 6.60. The lowest BCUT2D eigenvalue weighted by Gasteiger charge is -2.16. The van der Waals surface area contributed by atoms with Gasteiger partial charge in [-0.25, -0.2) is 4.39 Å². The van der Waals surface area contributed by atoms with E-state index in [1.54, 1.807) is 12.1 Å². The Morgan fingerprint density at radius 2 is 2.28 bits per heavy atom. The van der Waals surface area contributed by atoms with Crippen molar-refractivity contribution in [1.82, 2.24) is 5.32 Å². The topological polar surface area (TPSA) is 35.8 Å². The van der Waals surface area contributed by atoms with Crippen molar-refractivity contribution in [2.45, 2.75) is 32.7 Å². The number of nitriles is 1. The number of hydrogen-bond donors (Lipinski definition) is 1. The van der Waals surface area contributed by atoms with Gasteiger partial charge >= 0.3 is 0 Å². The Balaban J connectivity index is 1.89. The molecule has 2 rings (SSSR count). The molecule has 18 heavy (non-hydrogen) atoms. The van der Waals surface area contributed by atoms with Crippen molar-refractivity contribution in [2.24, 2.45) is 11.8 Å². The summed E-state index contributed by atoms with van der Waals surface area (Å²) in [6.45, 7) is 3.73. The molecule has 1 aromatic rings. The third-order valence-corrected chi connectivity index (χ3v) is 3.96. The lowest BCUT2D eigenvalue weighted by Crippen LogP contribution is -2.24. The molecule has 0 aromatic heterocycles. The maximum Gasteiger partial charge on any atom is 0.145 e. The highest BCUT2D eigenvalue weighted by Gasteiger charge is 2.22. The average Bonchev–Trinajstić information content (AvgIpc) is 2.77. The molecule has 0 radical (unpaired) electrons. The quantitative estimate of drug-likeness (QED) is 0.885. The van der Waals surface area contributed by atoms with Crippen LogP contribution in [0.15, 0.2) is 18.2 Å². The van der Waals surface area contributed by atoms with Crippen LogP contribution < -0.4 is 5.32 Å². The fraction of sp³-hybridized carbons (Fsp3) is 0.533. The molecular formula is C15H19FN2. The smallest absolute Gasteiger partial charge is 0.145 e. The molecule has 1 N–H and O–H groups in total. The van der Waals surface area contributed by atoms with Gasteiger partial charge in [-0.2, -0.15) is 5.26 Å². The van der Waals surface area contributed by atoms with Crippen LogP contribution in [0.25, 0.3) is 0 Å². The summed E-state index contributed by atoms with van der Waals surface area (Å²) in [5.74, 6) is 1.10. The number of hydrogen-bond acceptors (Lipinski definition) is 2. The zero-order valence-corrected chi connectivity index (χ0v) is 10.7. The minimum absolute atomic E-state index is 0.128. The van der Waals surface area contributed by atoms with Gasteiger partial charge in [0.25, 0.3) is 0 Å². The van der Waals surface area contributed by atoms with Gasteiger partial charge in [0.15, 0.2) is 0 Å². The Hall–Kier alpha value is -1.40. The van der Waals surface area contributed by atoms with Crippen LogP contribution in [-0.2, 0) is 6.54 Å². The summed E-state index contributed by atoms with van der Waals surface area (Å²) in [5, 5.41) is 12.1. The summed E-state index contributed by atoms with van der Waals surface area (Å²) < 4.78 is 13.8. The van der Waals surface area contributed by atoms with Gasteiger partial charge < -0.3 is 5.32 Å². The maximum atomic E-state index is 13.8. The first-order chi connectivity index (χ1) is 8.72. The van der Waals surface area contributed by atoms with Crippen LogP contribution in [0.1, 0.15) is 37.3 Å². The molecule has 1 aliphatic carbocycles. The number of halogens is 1. The lowest BCUT2D eigenvalue weighted by atomic mass is 9.98. The molecule has 2 atom stereocenters. The molecular weight excluding hydrogens is 227 g/mol. The van der Waals surface area contributed by atoms with Crippen molar-refractivity contribution in [2.75, 3.05) is 6.54 Å². The summed E-state index contributed by atoms with van der Waals surface area (Å²) in [6, 6.07) is 6.85. The third kappa shape index (κ3) is 2.88. The Kier molecular flexibility index (Phi) is 4.33. The normalized spacial score (nSPS) is 22.9. The minimum Gasteiger partial charge on any atom is -0.312 e. The summed E-state index contributed by atoms with van der Waals surface area (Å²) in [5.41, 5.74) is 0.711. The molecule has 2 nitrogen and oxygen atoms in total. The van der Waals surface area contributed by atoms with Gasteiger partial charge in [-0.15, -0.1) is 0 Å². The van der Waals surface area contributed by atoms with Crippen molar-refractivity contribution in [3.63, 3.8) is 0 Å². The van der Waals surface area contributed by atoms with Gasteiger partial charge in [0.1, 0.15) is 11.9 Å². The van der Waals surface area contributed by atoms with E-state index < -0.39 is 0 Å². The van der Waals surface area contributed by atoms with Crippen LogP contribution in [0.2, 0.25) is 0 Å². The largest absolute Gasteiger partial charge is 0.312 e. The van der Waals surface area contributed by atoms with E-state index in [1.165, 1.54) is 25.3 Å². The first kappa shape index (κ1) is 13.0. The van der Waals surface area contributed by atoms with E-state index in [0.29, 0.717) is 18.0 Å². The number of nitrogens with one attached hydrogen (secondary N) is 1. The van der Waals surface area contributed by atoms with E-state index in [2.05, 4.69) is 12.2 Å². The van der Waals surface area contributed by atoms with Crippen molar-refractivity contribution in [3.05, 3.63) is 35.1 Å². The second kappa shape index (κ2) is 5.97. The van der Waals surface area contributed by atoms with Gasteiger partial charge in [0.05, 0.1) is 5.56 Å². The van der Waals surface area contributed by atoms with Crippen LogP contribution in [0.3, 0.4) is 0 Å². The molecule has 1 saturated carbocycles. The highest BCUT2D eigenvalue weighted by molar-refractivity contribution is 5.34. The van der Waals surface area contributed by atoms with Crippen LogP contribution in [0, 0.1) is 29.0 Å². The average molecular weight is 246 g/mol. The third-order valence-electron chi connectivity index (χ3n) is 3.96. The van der Waals surface area contributed by atoms with Crippen LogP contribution >= 0.6 is 0 Å². The van der Waals surface area contributed by atoms with Gasteiger partial charge in [-0.1, -0.05) is 31.9 Å². The molecule has 3 heteroatoms. The molecule has 0 aliphatic heterocycles. The Morgan fingerprint density at radius 1 is 1.44 bits per heavy atom. The van der Waals surface area contributed by atoms with E-state index >= 15 is 0 Å². The predicted molar refractivity (Wildman–Crippen MR) is 69.3 cm³/mol. The van der Waals surface area contributed by atoms with E-state index in [-0.39, 0.29) is 11.4 Å². The summed E-state index contributed by atoms with van der Waals surface area (Å²) in [6.07, 6.45) is 3.89. The van der Waals surface area contributed by atoms with Crippen LogP contribution in [0.5, 0.6) is 0 Å². The Labute approximate surface area is 108 Å². The lowest BCUT2D eigenvalue weighted by molar-refractivity contribution is 0.390. The molecule has 0 saturated heterocycles. The molecule has 0 heterocycles. The molecule has 1 fully saturated rings. The number of nitrogens with zero attached hydrogens (tertiary/aromatic N) is 1. The summed E-state index contributed by atoms with van der Waals surface area (Å²) in [4.78, 5) is 0. The molecule has 0 spiro atoms. The van der Waals surface area contributed by atoms with Crippen LogP contribution in [0.4, 0.5) is 4.39 Å². The maximum absolute atomic E-state index is 13.8. The first-order valence-electron chi connectivity index (χ1n) is 6.60. The monoisotopic (exact) mass is 246 g/mol. The minimum atomic E-state index is -0.382. The zero-order chi connectivity index (χ0) is 13.0. The van der Waals surface area contributed by atoms with Gasteiger partial charge in [-0.05, 0) is 30.9 Å². The standard InChI is InChI=1S/C15H19FN2/c1-11-4-2-6-13(11)9-18-10-14-7-3-5-12(8-17)15(14)16/h3,5,7,11,13,18H,2,4,6,9-10H2,1H3. The van der Waals surface area contributed by atoms with E-state index in [0.717, 1.165) is 12.5 Å². The van der Waals surface area contributed by atoms with Crippen molar-refractivity contribution in [1.29, 1.82) is 5.26 Å². The second-order valence-electron chi connectivity index (χ2n) is 5.19. The fourth-order valence-corrected chi connectivity index (χ4v) is 2.72. The van der Waals surface area contributed by atoms with Gasteiger partial charge in [-0.3, -0.25) is 0 Å². The predicted octanol–water partition coefficient (Wildman–Crippen LogP) is 3.22. The Morgan fingerprint density at radius 3 is 2.94 bits per heavy atom. The Bertz CT molecular complexity index is 450. The second-order valence-corrected chi connectivity index (χ2v) is 5.19. The zero-order valence-electron chi connectivity index (χ0n) is 10.7. The molecule has 1 aromatic carbocycles. The molecule has 96 valence electrons. The number of benzene rings is 1. The van der Waals surface area contributed by atoms with E-state index in [1.807, 2.05) is 6.07 Å². The van der Waals surface area contributed by atoms with Crippen molar-refractivity contribution >= 4 is 0 Å². The summed E-state index contributed by atoms with van der Waals surface area (Å²) in [7, 11) is 0. The fourth-order valence-electron chi connectivity index (χ4n) is 2.72. The molecule has 2 unspecified atom stereocenters. The van der Waals surface area contributed by atoms with E-state index in [4.69, 9.17) is 5.26 Å². The van der Waals surface area contributed by atoms with Crippen LogP contribution in [-0.4, -0.2) is 6.54 Å². The highest BCUT2D eigenvalue weighted by atomic mass is 19.1. The summed E-state index contributed by atoms with van der Waals surface area (Å²) >= 11 is 0. The SMILES string of the molecule is CC1CCCC1CNCc1cccc(C#N)c1F. The van der Waals surface area contributed by atoms with E-state index in [9.17, 15) is 4.39 Å². The van der Waals surface area contributed by atoms with Gasteiger partial charge in [0.2, 0.25) is 0 Å². The highest BCUT2D eigenvalue weighted by Crippen LogP contribution is 2.30. The molecule has 1 aliphatic rings.